The summed E-state index contributed by atoms with van der Waals surface area (Å²) in [6.07, 6.45) is 3.61. The Kier molecular flexibility index (Phi) is 9.81. The van der Waals surface area contributed by atoms with Crippen LogP contribution in [0.4, 0.5) is 0 Å². The van der Waals surface area contributed by atoms with Crippen molar-refractivity contribution in [1.82, 2.24) is 9.62 Å². The molecule has 0 aromatic rings. The summed E-state index contributed by atoms with van der Waals surface area (Å²) in [5.74, 6) is -1.45. The number of carbonyl (C=O) groups excluding carboxylic acids is 1. The summed E-state index contributed by atoms with van der Waals surface area (Å²) in [5.41, 5.74) is 6.59. The van der Waals surface area contributed by atoms with Gasteiger partial charge in [-0.05, 0) is 36.2 Å². The molecule has 0 aromatic carbocycles. The van der Waals surface area contributed by atoms with Crippen LogP contribution in [0.2, 0.25) is 0 Å². The van der Waals surface area contributed by atoms with Crippen LogP contribution in [-0.2, 0) is 23.9 Å². The monoisotopic (exact) mass is 670 g/mol. The Balaban J connectivity index is 2.56. The first-order valence-corrected chi connectivity index (χ1v) is 18.3. The Labute approximate surface area is 233 Å². The van der Waals surface area contributed by atoms with Crippen LogP contribution in [0, 0.1) is 16.7 Å². The predicted molar refractivity (Wildman–Crippen MR) is 155 cm³/mol. The van der Waals surface area contributed by atoms with E-state index in [1.165, 1.54) is 6.08 Å². The second-order valence-corrected chi connectivity index (χ2v) is 19.0. The molecule has 10 nitrogen and oxygen atoms in total. The summed E-state index contributed by atoms with van der Waals surface area (Å²) in [6, 6.07) is -0.467. The molecule has 1 saturated heterocycles. The highest BCUT2D eigenvalue weighted by Crippen LogP contribution is 2.65. The van der Waals surface area contributed by atoms with Crippen molar-refractivity contribution in [2.45, 2.75) is 73.0 Å². The van der Waals surface area contributed by atoms with E-state index in [0.29, 0.717) is 17.9 Å². The van der Waals surface area contributed by atoms with Crippen LogP contribution >= 0.6 is 27.1 Å². The Morgan fingerprint density at radius 2 is 1.95 bits per heavy atom. The number of hydrogen-bond donors (Lipinski definition) is 3. The number of amidine groups is 1. The normalized spacial score (nSPS) is 25.6. The minimum atomic E-state index is -3.55. The first-order valence-electron chi connectivity index (χ1n) is 12.0. The van der Waals surface area contributed by atoms with Gasteiger partial charge in [-0.25, -0.2) is 13.4 Å². The molecule has 4 N–H and O–H groups in total. The molecule has 0 radical (unpaired) electrons. The molecule has 1 amide bonds. The van der Waals surface area contributed by atoms with E-state index in [1.807, 2.05) is 20.8 Å². The first-order chi connectivity index (χ1) is 16.7. The van der Waals surface area contributed by atoms with Crippen LogP contribution in [0.1, 0.15) is 60.8 Å². The van der Waals surface area contributed by atoms with Crippen molar-refractivity contribution in [2.75, 3.05) is 12.8 Å². The molecule has 3 unspecified atom stereocenters. The number of aliphatic imine (C=N–C) groups is 1. The summed E-state index contributed by atoms with van der Waals surface area (Å²) >= 11 is 1.64. The number of sulfonamides is 1. The quantitative estimate of drug-likeness (QED) is 0.109. The van der Waals surface area contributed by atoms with E-state index in [4.69, 9.17) is 10.3 Å². The van der Waals surface area contributed by atoms with Crippen molar-refractivity contribution in [3.05, 3.63) is 35.6 Å². The Hall–Kier alpha value is -1.37. The zero-order valence-corrected chi connectivity index (χ0v) is 26.5. The Morgan fingerprint density at radius 1 is 1.35 bits per heavy atom. The lowest BCUT2D eigenvalue weighted by Gasteiger charge is -2.37. The number of nitrogens with two attached hydrogens (primary N) is 1. The third kappa shape index (κ3) is 8.31. The lowest BCUT2D eigenvalue weighted by Crippen LogP contribution is -2.47. The number of nitrogens with one attached hydrogen (secondary N) is 1. The van der Waals surface area contributed by atoms with Gasteiger partial charge in [-0.1, -0.05) is 48.1 Å². The van der Waals surface area contributed by atoms with Gasteiger partial charge in [-0.15, -0.1) is 0 Å². The number of carbonyl (C=O) groups is 1. The molecule has 0 bridgehead atoms. The van der Waals surface area contributed by atoms with Crippen LogP contribution in [0.15, 0.2) is 40.6 Å². The van der Waals surface area contributed by atoms with Crippen molar-refractivity contribution < 1.29 is 27.4 Å². The van der Waals surface area contributed by atoms with Gasteiger partial charge in [0, 0.05) is 34.3 Å². The van der Waals surface area contributed by atoms with Crippen LogP contribution in [0.5, 0.6) is 0 Å². The van der Waals surface area contributed by atoms with Crippen molar-refractivity contribution in [2.24, 2.45) is 27.5 Å². The number of halogens is 1. The SMILES string of the molecule is C=COP(=O)(I)C1=C(N=C(N)[C@H]2C(=O)N(CCC(C)(C)C)C(C(C)(C)C)C2O)CCC(NS(C)(=O)=O)=C1. The fraction of sp³-hybridized carbons (Fsp3) is 0.667. The van der Waals surface area contributed by atoms with Gasteiger partial charge in [-0.2, -0.15) is 0 Å². The second-order valence-electron chi connectivity index (χ2n) is 11.8. The highest BCUT2D eigenvalue weighted by molar-refractivity contribution is 14.2. The standard InChI is InChI=1S/C24H40IN4O6PS/c1-9-35-36(25,32)17-14-15(28-37(8,33)34)10-11-16(17)27-21(26)18-19(30)20(24(5,6)7)29(22(18)31)13-12-23(2,3)4/h9,14,18-20,28,30H,1,10-13H2,2-8H3,(H2,26,27)/t18-,19?,20?,36?/m0/s1. The Morgan fingerprint density at radius 3 is 2.43 bits per heavy atom. The van der Waals surface area contributed by atoms with Crippen molar-refractivity contribution in [1.29, 1.82) is 0 Å². The summed E-state index contributed by atoms with van der Waals surface area (Å²) in [7, 11) is -3.55. The molecule has 2 aliphatic rings. The number of likely N-dealkylation sites (tertiary alicyclic amines) is 1. The lowest BCUT2D eigenvalue weighted by molar-refractivity contribution is -0.132. The molecular formula is C24H40IN4O6PS. The van der Waals surface area contributed by atoms with Crippen LogP contribution in [0.25, 0.3) is 0 Å². The molecule has 210 valence electrons. The average molecular weight is 671 g/mol. The lowest BCUT2D eigenvalue weighted by atomic mass is 9.81. The summed E-state index contributed by atoms with van der Waals surface area (Å²) in [5, 5.41) is 7.94. The topological polar surface area (TPSA) is 151 Å². The zero-order chi connectivity index (χ0) is 28.6. The summed E-state index contributed by atoms with van der Waals surface area (Å²) in [4.78, 5) is 19.8. The third-order valence-corrected chi connectivity index (χ3v) is 10.4. The molecule has 1 aliphatic carbocycles. The predicted octanol–water partition coefficient (Wildman–Crippen LogP) is 4.24. The van der Waals surface area contributed by atoms with Crippen LogP contribution in [0.3, 0.4) is 0 Å². The van der Waals surface area contributed by atoms with E-state index in [-0.39, 0.29) is 35.3 Å². The maximum absolute atomic E-state index is 13.6. The van der Waals surface area contributed by atoms with Crippen molar-refractivity contribution >= 4 is 48.8 Å². The molecule has 13 heteroatoms. The average Bonchev–Trinajstić information content (AvgIpc) is 2.95. The van der Waals surface area contributed by atoms with E-state index >= 15 is 0 Å². The maximum Gasteiger partial charge on any atom is 0.335 e. The molecule has 0 aromatic heterocycles. The number of nitrogens with zero attached hydrogens (tertiary/aromatic N) is 2. The van der Waals surface area contributed by atoms with Crippen LogP contribution < -0.4 is 10.5 Å². The van der Waals surface area contributed by atoms with Gasteiger partial charge < -0.3 is 20.3 Å². The smallest absolute Gasteiger partial charge is 0.335 e. The molecule has 2 rings (SSSR count). The fourth-order valence-corrected chi connectivity index (χ4v) is 8.02. The highest BCUT2D eigenvalue weighted by atomic mass is 127. The van der Waals surface area contributed by atoms with Gasteiger partial charge in [0.2, 0.25) is 15.9 Å². The van der Waals surface area contributed by atoms with Gasteiger partial charge in [0.1, 0.15) is 11.8 Å². The second kappa shape index (κ2) is 11.4. The highest BCUT2D eigenvalue weighted by Gasteiger charge is 2.53. The van der Waals surface area contributed by atoms with Gasteiger partial charge >= 0.3 is 5.01 Å². The number of aliphatic hydroxyl groups is 1. The van der Waals surface area contributed by atoms with Gasteiger partial charge in [-0.3, -0.25) is 14.1 Å². The molecule has 0 spiro atoms. The number of hydrogen-bond acceptors (Lipinski definition) is 7. The molecule has 0 saturated carbocycles. The van der Waals surface area contributed by atoms with Crippen molar-refractivity contribution in [3.63, 3.8) is 0 Å². The molecular weight excluding hydrogens is 630 g/mol. The Bertz CT molecular complexity index is 1170. The summed E-state index contributed by atoms with van der Waals surface area (Å²) < 4.78 is 44.5. The summed E-state index contributed by atoms with van der Waals surface area (Å²) in [6.45, 7) is 16.1. The van der Waals surface area contributed by atoms with Gasteiger partial charge in [0.15, 0.2) is 0 Å². The van der Waals surface area contributed by atoms with E-state index in [1.54, 1.807) is 26.9 Å². The van der Waals surface area contributed by atoms with E-state index < -0.39 is 38.5 Å². The first kappa shape index (κ1) is 31.8. The minimum Gasteiger partial charge on any atom is -0.442 e. The largest absolute Gasteiger partial charge is 0.442 e. The molecule has 4 atom stereocenters. The molecule has 1 fully saturated rings. The van der Waals surface area contributed by atoms with E-state index in [2.05, 4.69) is 37.1 Å². The third-order valence-electron chi connectivity index (χ3n) is 6.17. The van der Waals surface area contributed by atoms with Gasteiger partial charge in [0.25, 0.3) is 0 Å². The molecule has 1 heterocycles. The maximum atomic E-state index is 13.6. The van der Waals surface area contributed by atoms with Crippen LogP contribution in [-0.4, -0.2) is 55.1 Å². The molecule has 37 heavy (non-hydrogen) atoms. The molecule has 1 aliphatic heterocycles. The fourth-order valence-electron chi connectivity index (χ4n) is 4.56. The zero-order valence-electron chi connectivity index (χ0n) is 22.6. The number of amides is 1. The van der Waals surface area contributed by atoms with E-state index in [9.17, 15) is 22.9 Å². The number of aliphatic hydroxyl groups excluding tert-OH is 1. The van der Waals surface area contributed by atoms with Gasteiger partial charge in [0.05, 0.1) is 35.7 Å². The number of rotatable bonds is 9. The van der Waals surface area contributed by atoms with Crippen molar-refractivity contribution in [3.8, 4) is 0 Å². The number of allylic oxidation sites excluding steroid dienone is 4. The minimum absolute atomic E-state index is 0.0101. The van der Waals surface area contributed by atoms with E-state index in [0.717, 1.165) is 18.9 Å².